The first-order valence-electron chi connectivity index (χ1n) is 8.66. The third kappa shape index (κ3) is 4.43. The van der Waals surface area contributed by atoms with E-state index in [4.69, 9.17) is 21.6 Å². The van der Waals surface area contributed by atoms with Crippen molar-refractivity contribution in [3.8, 4) is 11.9 Å². The van der Waals surface area contributed by atoms with Crippen LogP contribution < -0.4 is 9.64 Å². The van der Waals surface area contributed by atoms with Crippen molar-refractivity contribution in [3.05, 3.63) is 35.5 Å². The molecule has 1 fully saturated rings. The predicted molar refractivity (Wildman–Crippen MR) is 96.9 cm³/mol. The summed E-state index contributed by atoms with van der Waals surface area (Å²) in [6, 6.07) is 4.05. The first-order valence-corrected chi connectivity index (χ1v) is 9.04. The van der Waals surface area contributed by atoms with Crippen LogP contribution in [0.1, 0.15) is 5.82 Å². The van der Waals surface area contributed by atoms with Crippen LogP contribution in [0.3, 0.4) is 0 Å². The van der Waals surface area contributed by atoms with Crippen molar-refractivity contribution < 1.29 is 26.7 Å². The molecule has 31 heavy (non-hydrogen) atoms. The Morgan fingerprint density at radius 1 is 1.26 bits per heavy atom. The fourth-order valence-corrected chi connectivity index (χ4v) is 3.31. The minimum absolute atomic E-state index is 0.0222. The van der Waals surface area contributed by atoms with E-state index in [1.165, 1.54) is 23.4 Å². The van der Waals surface area contributed by atoms with E-state index >= 15 is 0 Å². The number of ether oxygens (including phenoxy) is 1. The van der Waals surface area contributed by atoms with E-state index in [-0.39, 0.29) is 34.7 Å². The number of alkyl halides is 5. The highest BCUT2D eigenvalue weighted by Gasteiger charge is 2.51. The lowest BCUT2D eigenvalue weighted by molar-refractivity contribution is -0.141. The molecule has 1 aliphatic heterocycles. The Hall–Kier alpha value is -3.27. The van der Waals surface area contributed by atoms with Crippen LogP contribution in [-0.2, 0) is 6.54 Å². The summed E-state index contributed by atoms with van der Waals surface area (Å²) in [4.78, 5) is 12.6. The normalized spacial score (nSPS) is 18.4. The van der Waals surface area contributed by atoms with Crippen LogP contribution in [0.2, 0.25) is 5.15 Å². The van der Waals surface area contributed by atoms with Crippen molar-refractivity contribution in [3.63, 3.8) is 0 Å². The Morgan fingerprint density at radius 2 is 2.03 bits per heavy atom. The van der Waals surface area contributed by atoms with Crippen molar-refractivity contribution in [2.45, 2.75) is 24.7 Å². The maximum atomic E-state index is 14.6. The van der Waals surface area contributed by atoms with Gasteiger partial charge < -0.3 is 9.64 Å². The number of nitrogens with zero attached hydrogens (tertiary/aromatic N) is 7. The Morgan fingerprint density at radius 3 is 2.74 bits per heavy atom. The van der Waals surface area contributed by atoms with Gasteiger partial charge in [-0.05, 0) is 0 Å². The van der Waals surface area contributed by atoms with Crippen molar-refractivity contribution in [1.29, 1.82) is 5.26 Å². The van der Waals surface area contributed by atoms with Crippen molar-refractivity contribution >= 4 is 28.3 Å². The van der Waals surface area contributed by atoms with Gasteiger partial charge >= 0.3 is 12.1 Å². The molecule has 4 rings (SSSR count). The van der Waals surface area contributed by atoms with Crippen LogP contribution in [0, 0.1) is 11.3 Å². The molecule has 0 aromatic carbocycles. The summed E-state index contributed by atoms with van der Waals surface area (Å²) < 4.78 is 73.3. The molecule has 1 atom stereocenters. The minimum atomic E-state index is -4.51. The lowest BCUT2D eigenvalue weighted by Crippen LogP contribution is -2.36. The number of pyridine rings is 1. The maximum absolute atomic E-state index is 14.6. The van der Waals surface area contributed by atoms with E-state index in [9.17, 15) is 22.0 Å². The number of hydrogen-bond acceptors (Lipinski definition) is 7. The molecule has 162 valence electrons. The highest BCUT2D eigenvalue weighted by Crippen LogP contribution is 2.34. The largest absolute Gasteiger partial charge is 0.466 e. The van der Waals surface area contributed by atoms with Gasteiger partial charge in [-0.15, -0.1) is 0 Å². The van der Waals surface area contributed by atoms with Gasteiger partial charge in [0.15, 0.2) is 6.10 Å². The van der Waals surface area contributed by atoms with Crippen LogP contribution >= 0.6 is 11.6 Å². The number of halogens is 6. The van der Waals surface area contributed by atoms with Gasteiger partial charge in [-0.3, -0.25) is 4.68 Å². The molecule has 4 heterocycles. The van der Waals surface area contributed by atoms with E-state index in [2.05, 4.69) is 20.1 Å². The first-order chi connectivity index (χ1) is 14.5. The molecular weight excluding hydrogens is 449 g/mol. The molecule has 14 heteroatoms. The summed E-state index contributed by atoms with van der Waals surface area (Å²) in [5.74, 6) is -3.87. The third-order valence-corrected chi connectivity index (χ3v) is 4.65. The second kappa shape index (κ2) is 7.45. The zero-order valence-corrected chi connectivity index (χ0v) is 16.1. The molecule has 0 N–H and O–H groups in total. The van der Waals surface area contributed by atoms with Crippen LogP contribution in [0.5, 0.6) is 5.88 Å². The fraction of sp³-hybridized carbons (Fsp3) is 0.353. The van der Waals surface area contributed by atoms with Crippen molar-refractivity contribution in [1.82, 2.24) is 24.7 Å². The van der Waals surface area contributed by atoms with E-state index in [0.717, 1.165) is 6.07 Å². The van der Waals surface area contributed by atoms with Gasteiger partial charge in [0, 0.05) is 23.7 Å². The number of fused-ring (bicyclic) bond motifs is 1. The molecule has 8 nitrogen and oxygen atoms in total. The van der Waals surface area contributed by atoms with Crippen LogP contribution in [0.25, 0.3) is 10.9 Å². The molecule has 0 radical (unpaired) electrons. The summed E-state index contributed by atoms with van der Waals surface area (Å²) in [6.45, 7) is -2.44. The molecule has 1 aliphatic rings. The molecule has 0 spiro atoms. The summed E-state index contributed by atoms with van der Waals surface area (Å²) in [5, 5.41) is 12.8. The topological polar surface area (TPSA) is 92.8 Å². The van der Waals surface area contributed by atoms with Gasteiger partial charge in [0.25, 0.3) is 0 Å². The third-order valence-electron chi connectivity index (χ3n) is 4.46. The highest BCUT2D eigenvalue weighted by molar-refractivity contribution is 6.29. The summed E-state index contributed by atoms with van der Waals surface area (Å²) in [7, 11) is 0. The Bertz CT molecular complexity index is 1180. The number of hydrogen-bond donors (Lipinski definition) is 0. The number of anilines is 1. The first kappa shape index (κ1) is 21.0. The van der Waals surface area contributed by atoms with Gasteiger partial charge in [0.1, 0.15) is 23.6 Å². The van der Waals surface area contributed by atoms with Gasteiger partial charge in [-0.2, -0.15) is 23.5 Å². The van der Waals surface area contributed by atoms with Gasteiger partial charge in [-0.1, -0.05) is 11.6 Å². The molecule has 3 aromatic rings. The predicted octanol–water partition coefficient (Wildman–Crippen LogP) is 3.21. The smallest absolute Gasteiger partial charge is 0.408 e. The van der Waals surface area contributed by atoms with Gasteiger partial charge in [0.2, 0.25) is 11.7 Å². The van der Waals surface area contributed by atoms with Crippen LogP contribution in [0.15, 0.2) is 24.5 Å². The molecule has 1 saturated heterocycles. The van der Waals surface area contributed by atoms with Crippen molar-refractivity contribution in [2.24, 2.45) is 0 Å². The second-order valence-corrected chi connectivity index (χ2v) is 7.12. The average Bonchev–Trinajstić information content (AvgIpc) is 3.20. The van der Waals surface area contributed by atoms with Gasteiger partial charge in [0.05, 0.1) is 24.8 Å². The SMILES string of the molecule is N#Cc1nc(Cl)cc(N2CC(Oc3cc4c(cn3)cnn4CC(F)(F)F)C(F)(F)C2)n1. The van der Waals surface area contributed by atoms with E-state index in [1.807, 2.05) is 0 Å². The molecule has 1 unspecified atom stereocenters. The maximum Gasteiger partial charge on any atom is 0.408 e. The molecule has 3 aromatic heterocycles. The lowest BCUT2D eigenvalue weighted by Gasteiger charge is -2.18. The summed E-state index contributed by atoms with van der Waals surface area (Å²) >= 11 is 5.80. The minimum Gasteiger partial charge on any atom is -0.466 e. The van der Waals surface area contributed by atoms with Crippen LogP contribution in [-0.4, -0.2) is 56.0 Å². The molecule has 0 saturated carbocycles. The zero-order valence-electron chi connectivity index (χ0n) is 15.3. The monoisotopic (exact) mass is 459 g/mol. The van der Waals surface area contributed by atoms with Gasteiger partial charge in [-0.25, -0.2) is 23.7 Å². The summed E-state index contributed by atoms with van der Waals surface area (Å²) in [6.07, 6.45) is -3.80. The number of nitriles is 1. The molecule has 0 bridgehead atoms. The Balaban J connectivity index is 1.58. The van der Waals surface area contributed by atoms with E-state index in [1.54, 1.807) is 6.07 Å². The molecule has 0 amide bonds. The standard InChI is InChI=1S/C17H11ClF5N7O/c18-12-2-14(28-13(3-24)27-12)29-6-11(16(19,20)7-29)31-15-1-10-9(4-25-15)5-26-30(10)8-17(21,22)23/h1-2,4-5,11H,6-8H2. The number of rotatable bonds is 4. The van der Waals surface area contributed by atoms with E-state index < -0.39 is 31.3 Å². The van der Waals surface area contributed by atoms with Crippen LogP contribution in [0.4, 0.5) is 27.8 Å². The summed E-state index contributed by atoms with van der Waals surface area (Å²) in [5.41, 5.74) is 0.0433. The zero-order chi connectivity index (χ0) is 22.4. The van der Waals surface area contributed by atoms with Crippen molar-refractivity contribution in [2.75, 3.05) is 18.0 Å². The highest BCUT2D eigenvalue weighted by atomic mass is 35.5. The average molecular weight is 460 g/mol. The molecular formula is C17H11ClF5N7O. The lowest BCUT2D eigenvalue weighted by atomic mass is 10.2. The second-order valence-electron chi connectivity index (χ2n) is 6.73. The quantitative estimate of drug-likeness (QED) is 0.437. The Labute approximate surface area is 175 Å². The number of aromatic nitrogens is 5. The molecule has 0 aliphatic carbocycles. The Kier molecular flexibility index (Phi) is 5.04. The fourth-order valence-electron chi connectivity index (χ4n) is 3.13. The van der Waals surface area contributed by atoms with E-state index in [0.29, 0.717) is 10.1 Å².